The number of hydrogen-bond donors (Lipinski definition) is 0. The topological polar surface area (TPSA) is 46.6 Å². The fourth-order valence-electron chi connectivity index (χ4n) is 2.51. The second kappa shape index (κ2) is 9.02. The molecule has 0 heterocycles. The molecule has 25 heavy (non-hydrogen) atoms. The lowest BCUT2D eigenvalue weighted by atomic mass is 10.0. The summed E-state index contributed by atoms with van der Waals surface area (Å²) in [5.41, 5.74) is 2.81. The highest BCUT2D eigenvalue weighted by Gasteiger charge is 2.13. The number of Topliss-reactive ketones (excluding diaryl/α,β-unsaturated/α-hetero) is 1. The number of rotatable bonds is 8. The van der Waals surface area contributed by atoms with Gasteiger partial charge in [0.1, 0.15) is 5.75 Å². The predicted octanol–water partition coefficient (Wildman–Crippen LogP) is 4.02. The van der Waals surface area contributed by atoms with Crippen molar-refractivity contribution in [1.29, 1.82) is 0 Å². The Hall–Kier alpha value is -2.62. The summed E-state index contributed by atoms with van der Waals surface area (Å²) >= 11 is 0. The Morgan fingerprint density at radius 1 is 0.960 bits per heavy atom. The number of aryl methyl sites for hydroxylation is 1. The third kappa shape index (κ3) is 5.75. The normalized spacial score (nSPS) is 10.4. The molecule has 0 bridgehead atoms. The quantitative estimate of drug-likeness (QED) is 0.683. The van der Waals surface area contributed by atoms with Gasteiger partial charge in [0.2, 0.25) is 5.91 Å². The molecule has 0 aliphatic heterocycles. The average Bonchev–Trinajstić information content (AvgIpc) is 2.61. The first-order valence-corrected chi connectivity index (χ1v) is 8.55. The minimum absolute atomic E-state index is 0.00261. The number of carbonyl (C=O) groups excluding carboxylic acids is 2. The highest BCUT2D eigenvalue weighted by Crippen LogP contribution is 2.14. The van der Waals surface area contributed by atoms with E-state index in [2.05, 4.69) is 0 Å². The van der Waals surface area contributed by atoms with Crippen LogP contribution in [0.4, 0.5) is 0 Å². The van der Waals surface area contributed by atoms with Gasteiger partial charge in [-0.3, -0.25) is 9.59 Å². The van der Waals surface area contributed by atoms with Crippen molar-refractivity contribution < 1.29 is 14.3 Å². The Kier molecular flexibility index (Phi) is 6.75. The molecule has 2 aromatic carbocycles. The summed E-state index contributed by atoms with van der Waals surface area (Å²) in [5, 5.41) is 0. The molecule has 4 nitrogen and oxygen atoms in total. The van der Waals surface area contributed by atoms with Gasteiger partial charge in [0, 0.05) is 32.0 Å². The second-order valence-corrected chi connectivity index (χ2v) is 6.12. The SMILES string of the molecule is CCOc1ccc(CN(C)C(=O)CCC(=O)c2ccc(C)cc2)cc1. The van der Waals surface area contributed by atoms with Crippen LogP contribution >= 0.6 is 0 Å². The number of hydrogen-bond acceptors (Lipinski definition) is 3. The molecule has 0 aliphatic carbocycles. The summed E-state index contributed by atoms with van der Waals surface area (Å²) in [7, 11) is 1.76. The van der Waals surface area contributed by atoms with Crippen molar-refractivity contribution in [2.75, 3.05) is 13.7 Å². The molecular formula is C21H25NO3. The number of ketones is 1. The van der Waals surface area contributed by atoms with Gasteiger partial charge in [-0.25, -0.2) is 0 Å². The van der Waals surface area contributed by atoms with Crippen molar-refractivity contribution in [3.05, 3.63) is 65.2 Å². The predicted molar refractivity (Wildman–Crippen MR) is 98.8 cm³/mol. The van der Waals surface area contributed by atoms with Crippen LogP contribution in [0.5, 0.6) is 5.75 Å². The Balaban J connectivity index is 1.83. The van der Waals surface area contributed by atoms with E-state index in [1.54, 1.807) is 11.9 Å². The maximum Gasteiger partial charge on any atom is 0.223 e. The molecular weight excluding hydrogens is 314 g/mol. The molecule has 2 rings (SSSR count). The van der Waals surface area contributed by atoms with Crippen molar-refractivity contribution in [3.8, 4) is 5.75 Å². The van der Waals surface area contributed by atoms with E-state index in [1.165, 1.54) is 0 Å². The van der Waals surface area contributed by atoms with Crippen LogP contribution in [0.1, 0.15) is 41.3 Å². The van der Waals surface area contributed by atoms with E-state index in [4.69, 9.17) is 4.74 Å². The molecule has 2 aromatic rings. The first kappa shape index (κ1) is 18.7. The Bertz CT molecular complexity index is 705. The van der Waals surface area contributed by atoms with Gasteiger partial charge in [-0.05, 0) is 31.5 Å². The van der Waals surface area contributed by atoms with Crippen LogP contribution in [0.3, 0.4) is 0 Å². The number of carbonyl (C=O) groups is 2. The molecule has 1 amide bonds. The van der Waals surface area contributed by atoms with Crippen LogP contribution in [-0.2, 0) is 11.3 Å². The Morgan fingerprint density at radius 2 is 1.60 bits per heavy atom. The van der Waals surface area contributed by atoms with Crippen molar-refractivity contribution >= 4 is 11.7 Å². The van der Waals surface area contributed by atoms with Crippen LogP contribution in [0.15, 0.2) is 48.5 Å². The van der Waals surface area contributed by atoms with Gasteiger partial charge in [-0.1, -0.05) is 42.0 Å². The maximum absolute atomic E-state index is 12.3. The molecule has 0 aliphatic rings. The zero-order valence-corrected chi connectivity index (χ0v) is 15.1. The van der Waals surface area contributed by atoms with E-state index in [0.717, 1.165) is 16.9 Å². The highest BCUT2D eigenvalue weighted by atomic mass is 16.5. The van der Waals surface area contributed by atoms with Crippen molar-refractivity contribution in [2.24, 2.45) is 0 Å². The number of amides is 1. The summed E-state index contributed by atoms with van der Waals surface area (Å²) in [6, 6.07) is 15.1. The van der Waals surface area contributed by atoms with Gasteiger partial charge in [-0.15, -0.1) is 0 Å². The number of benzene rings is 2. The molecule has 4 heteroatoms. The van der Waals surface area contributed by atoms with Gasteiger partial charge in [0.25, 0.3) is 0 Å². The van der Waals surface area contributed by atoms with Gasteiger partial charge in [-0.2, -0.15) is 0 Å². The first-order valence-electron chi connectivity index (χ1n) is 8.55. The third-order valence-electron chi connectivity index (χ3n) is 4.02. The van der Waals surface area contributed by atoms with E-state index in [9.17, 15) is 9.59 Å². The van der Waals surface area contributed by atoms with Crippen LogP contribution < -0.4 is 4.74 Å². The van der Waals surface area contributed by atoms with Gasteiger partial charge in [0.15, 0.2) is 5.78 Å². The molecule has 0 N–H and O–H groups in total. The first-order chi connectivity index (χ1) is 12.0. The summed E-state index contributed by atoms with van der Waals surface area (Å²) < 4.78 is 5.41. The van der Waals surface area contributed by atoms with Crippen LogP contribution in [0.2, 0.25) is 0 Å². The van der Waals surface area contributed by atoms with Crippen LogP contribution in [0.25, 0.3) is 0 Å². The second-order valence-electron chi connectivity index (χ2n) is 6.12. The zero-order valence-electron chi connectivity index (χ0n) is 15.1. The lowest BCUT2D eigenvalue weighted by Gasteiger charge is -2.17. The van der Waals surface area contributed by atoms with Gasteiger partial charge < -0.3 is 9.64 Å². The lowest BCUT2D eigenvalue weighted by Crippen LogP contribution is -2.26. The fourth-order valence-corrected chi connectivity index (χ4v) is 2.51. The Morgan fingerprint density at radius 3 is 2.20 bits per heavy atom. The number of nitrogens with zero attached hydrogens (tertiary/aromatic N) is 1. The molecule has 0 unspecified atom stereocenters. The molecule has 0 saturated carbocycles. The summed E-state index contributed by atoms with van der Waals surface area (Å²) in [6.45, 7) is 5.07. The van der Waals surface area contributed by atoms with E-state index in [0.29, 0.717) is 18.7 Å². The van der Waals surface area contributed by atoms with Crippen molar-refractivity contribution in [1.82, 2.24) is 4.90 Å². The molecule has 0 fully saturated rings. The standard InChI is InChI=1S/C21H25NO3/c1-4-25-19-11-7-17(8-12-19)15-22(3)21(24)14-13-20(23)18-9-5-16(2)6-10-18/h5-12H,4,13-15H2,1-3H3. The number of ether oxygens (including phenoxy) is 1. The third-order valence-corrected chi connectivity index (χ3v) is 4.02. The molecule has 0 spiro atoms. The minimum atomic E-state index is -0.0330. The zero-order chi connectivity index (χ0) is 18.2. The molecule has 132 valence electrons. The molecule has 0 aromatic heterocycles. The van der Waals surface area contributed by atoms with Crippen LogP contribution in [-0.4, -0.2) is 30.2 Å². The fraction of sp³-hybridized carbons (Fsp3) is 0.333. The van der Waals surface area contributed by atoms with E-state index in [1.807, 2.05) is 62.4 Å². The van der Waals surface area contributed by atoms with Crippen LogP contribution in [0, 0.1) is 6.92 Å². The maximum atomic E-state index is 12.3. The average molecular weight is 339 g/mol. The molecule has 0 saturated heterocycles. The van der Waals surface area contributed by atoms with Gasteiger partial charge in [0.05, 0.1) is 6.61 Å². The molecule has 0 radical (unpaired) electrons. The summed E-state index contributed by atoms with van der Waals surface area (Å²) in [5.74, 6) is 0.793. The largest absolute Gasteiger partial charge is 0.494 e. The van der Waals surface area contributed by atoms with Crippen molar-refractivity contribution in [3.63, 3.8) is 0 Å². The Labute approximate surface area is 149 Å². The lowest BCUT2D eigenvalue weighted by molar-refractivity contribution is -0.130. The summed E-state index contributed by atoms with van der Waals surface area (Å²) in [4.78, 5) is 26.1. The minimum Gasteiger partial charge on any atom is -0.494 e. The molecule has 0 atom stereocenters. The van der Waals surface area contributed by atoms with E-state index < -0.39 is 0 Å². The smallest absolute Gasteiger partial charge is 0.223 e. The summed E-state index contributed by atoms with van der Waals surface area (Å²) in [6.07, 6.45) is 0.454. The van der Waals surface area contributed by atoms with Crippen molar-refractivity contribution in [2.45, 2.75) is 33.2 Å². The van der Waals surface area contributed by atoms with E-state index in [-0.39, 0.29) is 24.5 Å². The van der Waals surface area contributed by atoms with Gasteiger partial charge >= 0.3 is 0 Å². The monoisotopic (exact) mass is 339 g/mol. The van der Waals surface area contributed by atoms with E-state index >= 15 is 0 Å². The highest BCUT2D eigenvalue weighted by molar-refractivity contribution is 5.97.